The van der Waals surface area contributed by atoms with Crippen LogP contribution in [0.3, 0.4) is 0 Å². The number of para-hydroxylation sites is 1. The van der Waals surface area contributed by atoms with Gasteiger partial charge in [0.15, 0.2) is 0 Å². The molecule has 0 N–H and O–H groups in total. The summed E-state index contributed by atoms with van der Waals surface area (Å²) in [6.07, 6.45) is 7.12. The number of benzene rings is 2. The molecule has 2 aromatic carbocycles. The summed E-state index contributed by atoms with van der Waals surface area (Å²) < 4.78 is 5.20. The maximum atomic E-state index is 14.1. The lowest BCUT2D eigenvalue weighted by atomic mass is 9.99. The van der Waals surface area contributed by atoms with Crippen LogP contribution in [0.1, 0.15) is 18.7 Å². The first-order valence-electron chi connectivity index (χ1n) is 11.3. The zero-order valence-corrected chi connectivity index (χ0v) is 19.3. The molecule has 1 atom stereocenters. The Morgan fingerprint density at radius 3 is 2.60 bits per heavy atom. The van der Waals surface area contributed by atoms with E-state index in [4.69, 9.17) is 5.32 Å². The third-order valence-corrected chi connectivity index (χ3v) is 6.13. The second kappa shape index (κ2) is 8.25. The van der Waals surface area contributed by atoms with Gasteiger partial charge in [-0.25, -0.2) is 0 Å². The molecule has 0 spiro atoms. The molecule has 172 valence electrons. The fourth-order valence-electron chi connectivity index (χ4n) is 4.52. The van der Waals surface area contributed by atoms with Gasteiger partial charge in [-0.05, 0) is 53.1 Å². The Morgan fingerprint density at radius 1 is 0.943 bits per heavy atom. The first-order chi connectivity index (χ1) is 17.1. The largest absolute Gasteiger partial charge is 0.455 e. The molecule has 8 nitrogen and oxygen atoms in total. The molecule has 0 aliphatic carbocycles. The number of nitrogens with zero attached hydrogens (tertiary/aromatic N) is 7. The molecule has 0 bridgehead atoms. The number of hydrogen-bond acceptors (Lipinski definition) is 4. The zero-order valence-electron chi connectivity index (χ0n) is 19.3. The molecule has 0 saturated heterocycles. The summed E-state index contributed by atoms with van der Waals surface area (Å²) in [7, 11) is 1.87. The second-order valence-electron chi connectivity index (χ2n) is 8.43. The second-order valence-corrected chi connectivity index (χ2v) is 8.43. The lowest BCUT2D eigenvalue weighted by Gasteiger charge is -2.27. The van der Waals surface area contributed by atoms with Gasteiger partial charge in [-0.2, -0.15) is 5.10 Å². The predicted molar refractivity (Wildman–Crippen MR) is 136 cm³/mol. The topological polar surface area (TPSA) is 84.1 Å². The van der Waals surface area contributed by atoms with E-state index < -0.39 is 0 Å². The predicted octanol–water partition coefficient (Wildman–Crippen LogP) is 5.20. The minimum atomic E-state index is -0.329. The van der Waals surface area contributed by atoms with E-state index in [1.807, 2.05) is 80.8 Å². The van der Waals surface area contributed by atoms with Gasteiger partial charge < -0.3 is 9.83 Å². The molecule has 0 saturated carbocycles. The van der Waals surface area contributed by atoms with Gasteiger partial charge in [0, 0.05) is 42.6 Å². The van der Waals surface area contributed by atoms with Crippen molar-refractivity contribution in [2.24, 2.45) is 7.05 Å². The Balaban J connectivity index is 1.57. The van der Waals surface area contributed by atoms with Crippen LogP contribution in [0.25, 0.3) is 38.6 Å². The number of rotatable bonds is 5. The van der Waals surface area contributed by atoms with E-state index in [0.29, 0.717) is 11.2 Å². The fraction of sp³-hybridized carbons (Fsp3) is 0.111. The van der Waals surface area contributed by atoms with Gasteiger partial charge in [0.2, 0.25) is 0 Å². The van der Waals surface area contributed by atoms with Gasteiger partial charge >= 0.3 is 0 Å². The van der Waals surface area contributed by atoms with Crippen molar-refractivity contribution >= 4 is 22.2 Å². The Morgan fingerprint density at radius 2 is 1.80 bits per heavy atom. The summed E-state index contributed by atoms with van der Waals surface area (Å²) in [5.74, 6) is 0.670. The molecule has 4 heterocycles. The van der Waals surface area contributed by atoms with Crippen LogP contribution in [0.15, 0.2) is 96.3 Å². The molecule has 0 aliphatic heterocycles. The maximum Gasteiger partial charge on any atom is 0.263 e. The third kappa shape index (κ3) is 3.56. The Bertz CT molecular complexity index is 1730. The van der Waals surface area contributed by atoms with E-state index in [0.717, 1.165) is 33.5 Å². The normalized spacial score (nSPS) is 12.3. The Labute approximate surface area is 201 Å². The molecule has 0 radical (unpaired) electrons. The summed E-state index contributed by atoms with van der Waals surface area (Å²) in [6, 6.07) is 21.0. The maximum absolute atomic E-state index is 14.1. The van der Waals surface area contributed by atoms with Crippen LogP contribution in [0.4, 0.5) is 5.82 Å². The molecule has 4 aromatic heterocycles. The van der Waals surface area contributed by atoms with Gasteiger partial charge in [-0.3, -0.25) is 24.1 Å². The quantitative estimate of drug-likeness (QED) is 0.354. The molecule has 0 amide bonds. The van der Waals surface area contributed by atoms with Crippen molar-refractivity contribution < 1.29 is 0 Å². The molecular weight excluding hydrogens is 438 g/mol. The molecule has 6 rings (SSSR count). The minimum absolute atomic E-state index is 0.0934. The standard InChI is InChI=1S/C27H22N7O/c1-18(31-25-11-13-28-24-12-14-29-34(24)25)23-15-19-7-6-10-22(20-16-30-32(2)17-20)26(19)27(35)33(23)21-8-4-3-5-9-21/h3-18H,1-2H3/q-1. The number of hydrogen-bond donors (Lipinski definition) is 0. The van der Waals surface area contributed by atoms with E-state index in [1.54, 1.807) is 32.4 Å². The number of aromatic nitrogens is 6. The van der Waals surface area contributed by atoms with Gasteiger partial charge in [-0.1, -0.05) is 43.3 Å². The van der Waals surface area contributed by atoms with Crippen LogP contribution in [-0.2, 0) is 7.05 Å². The fourth-order valence-corrected chi connectivity index (χ4v) is 4.52. The molecule has 0 aliphatic rings. The zero-order chi connectivity index (χ0) is 23.9. The van der Waals surface area contributed by atoms with Gasteiger partial charge in [0.25, 0.3) is 5.56 Å². The minimum Gasteiger partial charge on any atom is -0.455 e. The van der Waals surface area contributed by atoms with E-state index in [-0.39, 0.29) is 11.6 Å². The highest BCUT2D eigenvalue weighted by Gasteiger charge is 2.18. The lowest BCUT2D eigenvalue weighted by molar-refractivity contribution is 0.768. The van der Waals surface area contributed by atoms with Gasteiger partial charge in [0.05, 0.1) is 17.2 Å². The summed E-state index contributed by atoms with van der Waals surface area (Å²) >= 11 is 0. The van der Waals surface area contributed by atoms with Crippen molar-refractivity contribution in [1.29, 1.82) is 0 Å². The van der Waals surface area contributed by atoms with Crippen LogP contribution in [-0.4, -0.2) is 28.9 Å². The molecule has 6 aromatic rings. The average molecular weight is 461 g/mol. The van der Waals surface area contributed by atoms with E-state index in [9.17, 15) is 4.79 Å². The molecular formula is C27H22N7O-. The molecule has 8 heteroatoms. The SMILES string of the molecule is CC([N-]c1ccnc2ccnn12)c1cc2cccc(-c3cnn(C)c3)c2c(=O)n1-c1ccccc1. The first kappa shape index (κ1) is 20.9. The van der Waals surface area contributed by atoms with Crippen molar-refractivity contribution in [3.63, 3.8) is 0 Å². The van der Waals surface area contributed by atoms with Crippen LogP contribution >= 0.6 is 0 Å². The number of aryl methyl sites for hydroxylation is 1. The van der Waals surface area contributed by atoms with Crippen LogP contribution < -0.4 is 5.56 Å². The molecule has 0 fully saturated rings. The lowest BCUT2D eigenvalue weighted by Crippen LogP contribution is -2.23. The van der Waals surface area contributed by atoms with Crippen molar-refractivity contribution in [2.45, 2.75) is 13.0 Å². The smallest absolute Gasteiger partial charge is 0.263 e. The number of pyridine rings is 1. The summed E-state index contributed by atoms with van der Waals surface area (Å²) in [6.45, 7) is 1.99. The Hall–Kier alpha value is -4.72. The first-order valence-corrected chi connectivity index (χ1v) is 11.3. The van der Waals surface area contributed by atoms with E-state index >= 15 is 0 Å². The molecule has 1 unspecified atom stereocenters. The van der Waals surface area contributed by atoms with Crippen LogP contribution in [0.5, 0.6) is 0 Å². The molecule has 35 heavy (non-hydrogen) atoms. The summed E-state index contributed by atoms with van der Waals surface area (Å²) in [5.41, 5.74) is 3.96. The van der Waals surface area contributed by atoms with E-state index in [2.05, 4.69) is 21.2 Å². The summed E-state index contributed by atoms with van der Waals surface area (Å²) in [5, 5.41) is 15.1. The van der Waals surface area contributed by atoms with Crippen molar-refractivity contribution in [3.05, 3.63) is 113 Å². The average Bonchev–Trinajstić information content (AvgIpc) is 3.53. The Kier molecular flexibility index (Phi) is 4.92. The van der Waals surface area contributed by atoms with Gasteiger partial charge in [0.1, 0.15) is 0 Å². The van der Waals surface area contributed by atoms with Crippen molar-refractivity contribution in [3.8, 4) is 16.8 Å². The van der Waals surface area contributed by atoms with Crippen LogP contribution in [0, 0.1) is 0 Å². The van der Waals surface area contributed by atoms with Crippen LogP contribution in [0.2, 0.25) is 0 Å². The summed E-state index contributed by atoms with van der Waals surface area (Å²) in [4.78, 5) is 18.5. The van der Waals surface area contributed by atoms with E-state index in [1.165, 1.54) is 0 Å². The van der Waals surface area contributed by atoms with Crippen molar-refractivity contribution in [1.82, 2.24) is 28.9 Å². The third-order valence-electron chi connectivity index (χ3n) is 6.13. The monoisotopic (exact) mass is 460 g/mol. The highest BCUT2D eigenvalue weighted by molar-refractivity contribution is 5.96. The highest BCUT2D eigenvalue weighted by atomic mass is 16.1. The number of fused-ring (bicyclic) bond motifs is 2. The van der Waals surface area contributed by atoms with Crippen molar-refractivity contribution in [2.75, 3.05) is 0 Å². The highest BCUT2D eigenvalue weighted by Crippen LogP contribution is 2.34. The van der Waals surface area contributed by atoms with Gasteiger partial charge in [-0.15, -0.1) is 0 Å².